The highest BCUT2D eigenvalue weighted by Gasteiger charge is 2.35. The van der Waals surface area contributed by atoms with Gasteiger partial charge < -0.3 is 34.4 Å². The van der Waals surface area contributed by atoms with Gasteiger partial charge in [0, 0.05) is 31.3 Å². The van der Waals surface area contributed by atoms with Gasteiger partial charge in [-0.05, 0) is 42.6 Å². The molecule has 224 valence electrons. The lowest BCUT2D eigenvalue weighted by Crippen LogP contribution is -2.50. The quantitative estimate of drug-likeness (QED) is 0.348. The Kier molecular flexibility index (Phi) is 8.48. The number of hydrogen-bond acceptors (Lipinski definition) is 9. The second kappa shape index (κ2) is 12.1. The van der Waals surface area contributed by atoms with E-state index in [-0.39, 0.29) is 53.6 Å². The van der Waals surface area contributed by atoms with Crippen molar-refractivity contribution < 1.29 is 37.3 Å². The first-order valence-corrected chi connectivity index (χ1v) is 15.6. The van der Waals surface area contributed by atoms with Gasteiger partial charge in [-0.3, -0.25) is 9.52 Å². The average molecular weight is 617 g/mol. The fraction of sp³-hybridized carbons (Fsp3) is 0.357. The lowest BCUT2D eigenvalue weighted by molar-refractivity contribution is 0.0373. The number of hydrogen-bond donors (Lipinski definition) is 3. The number of para-hydroxylation sites is 1. The summed E-state index contributed by atoms with van der Waals surface area (Å²) in [4.78, 5) is 29.8. The van der Waals surface area contributed by atoms with Crippen LogP contribution in [0.5, 0.6) is 17.2 Å². The lowest BCUT2D eigenvalue weighted by atomic mass is 9.99. The third kappa shape index (κ3) is 6.10. The summed E-state index contributed by atoms with van der Waals surface area (Å²) in [6.45, 7) is 3.82. The van der Waals surface area contributed by atoms with E-state index in [4.69, 9.17) is 14.2 Å². The molecule has 5 rings (SSSR count). The number of likely N-dealkylation sites (N-methyl/N-ethyl adjacent to an activating group) is 1. The summed E-state index contributed by atoms with van der Waals surface area (Å²) in [6.07, 6.45) is -0.648. The first-order chi connectivity index (χ1) is 20.1. The highest BCUT2D eigenvalue weighted by atomic mass is 32.2. The smallest absolute Gasteiger partial charge is 0.321 e. The summed E-state index contributed by atoms with van der Waals surface area (Å²) in [5.74, 6) is 0.475. The Morgan fingerprint density at radius 3 is 2.71 bits per heavy atom. The molecule has 0 unspecified atom stereocenters. The molecular weight excluding hydrogens is 584 g/mol. The van der Waals surface area contributed by atoms with Crippen LogP contribution in [0, 0.1) is 5.92 Å². The van der Waals surface area contributed by atoms with Crippen molar-refractivity contribution in [2.24, 2.45) is 5.92 Å². The topological polar surface area (TPSA) is 147 Å². The molecule has 0 spiro atoms. The van der Waals surface area contributed by atoms with Gasteiger partial charge in [-0.2, -0.15) is 0 Å². The Morgan fingerprint density at radius 1 is 1.19 bits per heavy atom. The van der Waals surface area contributed by atoms with E-state index in [0.29, 0.717) is 17.2 Å². The Bertz CT molecular complexity index is 1560. The molecule has 2 aliphatic rings. The largest absolute Gasteiger partial charge is 0.485 e. The zero-order valence-electron chi connectivity index (χ0n) is 23.3. The molecule has 2 aliphatic heterocycles. The summed E-state index contributed by atoms with van der Waals surface area (Å²) >= 11 is 1.06. The summed E-state index contributed by atoms with van der Waals surface area (Å²) in [7, 11) is -2.34. The summed E-state index contributed by atoms with van der Waals surface area (Å²) < 4.78 is 46.0. The highest BCUT2D eigenvalue weighted by molar-refractivity contribution is 7.94. The Balaban J connectivity index is 1.43. The fourth-order valence-corrected chi connectivity index (χ4v) is 6.75. The molecule has 3 N–H and O–H groups in total. The summed E-state index contributed by atoms with van der Waals surface area (Å²) in [5.41, 5.74) is 0.760. The third-order valence-corrected chi connectivity index (χ3v) is 9.88. The zero-order valence-corrected chi connectivity index (χ0v) is 24.9. The molecule has 14 heteroatoms. The van der Waals surface area contributed by atoms with Gasteiger partial charge in [0.1, 0.15) is 10.3 Å². The number of nitrogens with one attached hydrogen (secondary N) is 2. The van der Waals surface area contributed by atoms with Crippen molar-refractivity contribution in [1.82, 2.24) is 9.80 Å². The molecule has 3 heterocycles. The number of fused-ring (bicyclic) bond motifs is 2. The van der Waals surface area contributed by atoms with Crippen molar-refractivity contribution in [1.29, 1.82) is 0 Å². The Hall–Kier alpha value is -4.01. The van der Waals surface area contributed by atoms with Crippen molar-refractivity contribution in [2.45, 2.75) is 30.2 Å². The molecule has 42 heavy (non-hydrogen) atoms. The van der Waals surface area contributed by atoms with Gasteiger partial charge in [-0.25, -0.2) is 13.2 Å². The molecule has 3 amide bonds. The van der Waals surface area contributed by atoms with Crippen molar-refractivity contribution in [3.63, 3.8) is 0 Å². The molecule has 0 saturated heterocycles. The van der Waals surface area contributed by atoms with Crippen molar-refractivity contribution in [2.75, 3.05) is 43.6 Å². The Morgan fingerprint density at radius 2 is 1.98 bits per heavy atom. The molecule has 0 radical (unpaired) electrons. The molecule has 0 aliphatic carbocycles. The maximum absolute atomic E-state index is 13.7. The summed E-state index contributed by atoms with van der Waals surface area (Å²) in [6, 6.07) is 11.9. The number of ether oxygens (including phenoxy) is 3. The number of thiophene rings is 1. The number of anilines is 2. The number of aliphatic hydroxyl groups excluding tert-OH is 1. The minimum Gasteiger partial charge on any atom is -0.485 e. The number of rotatable bonds is 8. The first kappa shape index (κ1) is 29.5. The number of urea groups is 1. The molecule has 3 aromatic rings. The van der Waals surface area contributed by atoms with Crippen LogP contribution in [0.25, 0.3) is 0 Å². The van der Waals surface area contributed by atoms with Gasteiger partial charge in [0.2, 0.25) is 6.79 Å². The predicted molar refractivity (Wildman–Crippen MR) is 157 cm³/mol. The van der Waals surface area contributed by atoms with Gasteiger partial charge >= 0.3 is 6.03 Å². The first-order valence-electron chi connectivity index (χ1n) is 13.3. The zero-order chi connectivity index (χ0) is 30.0. The van der Waals surface area contributed by atoms with Crippen molar-refractivity contribution >= 4 is 44.7 Å². The predicted octanol–water partition coefficient (Wildman–Crippen LogP) is 3.66. The maximum Gasteiger partial charge on any atom is 0.321 e. The number of benzene rings is 2. The van der Waals surface area contributed by atoms with Gasteiger partial charge in [-0.15, -0.1) is 11.3 Å². The van der Waals surface area contributed by atoms with Crippen LogP contribution in [0.15, 0.2) is 58.1 Å². The molecule has 0 bridgehead atoms. The molecule has 12 nitrogen and oxygen atoms in total. The highest BCUT2D eigenvalue weighted by Crippen LogP contribution is 2.37. The number of carbonyl (C=O) groups is 2. The van der Waals surface area contributed by atoms with Crippen molar-refractivity contribution in [3.8, 4) is 17.2 Å². The van der Waals surface area contributed by atoms with Crippen LogP contribution in [-0.2, 0) is 10.0 Å². The lowest BCUT2D eigenvalue weighted by Gasteiger charge is -2.38. The minimum absolute atomic E-state index is 0.0545. The third-order valence-electron chi connectivity index (χ3n) is 7.12. The second-order valence-electron chi connectivity index (χ2n) is 10.2. The van der Waals surface area contributed by atoms with E-state index in [1.54, 1.807) is 60.6 Å². The van der Waals surface area contributed by atoms with E-state index < -0.39 is 34.1 Å². The van der Waals surface area contributed by atoms with Crippen LogP contribution in [0.2, 0.25) is 0 Å². The van der Waals surface area contributed by atoms with Crippen LogP contribution in [0.1, 0.15) is 24.2 Å². The van der Waals surface area contributed by atoms with Gasteiger partial charge in [-0.1, -0.05) is 19.1 Å². The van der Waals surface area contributed by atoms with Crippen LogP contribution in [0.3, 0.4) is 0 Å². The maximum atomic E-state index is 13.7. The SMILES string of the molecule is C[C@@H]1CN([C@@H](C)CO)C(=O)c2cccc(NS(=O)(=O)c3cccs3)c2O[C@@H]1CN(C)C(=O)Nc1ccc2c(c1)OCO2. The summed E-state index contributed by atoms with van der Waals surface area (Å²) in [5, 5.41) is 14.4. The van der Waals surface area contributed by atoms with Crippen LogP contribution < -0.4 is 24.2 Å². The number of carbonyl (C=O) groups excluding carboxylic acids is 2. The van der Waals surface area contributed by atoms with E-state index in [1.165, 1.54) is 17.0 Å². The second-order valence-corrected chi connectivity index (χ2v) is 13.1. The number of sulfonamides is 1. The van der Waals surface area contributed by atoms with Crippen LogP contribution in [0.4, 0.5) is 16.2 Å². The minimum atomic E-state index is -3.95. The fourth-order valence-electron chi connectivity index (χ4n) is 4.70. The average Bonchev–Trinajstić information content (AvgIpc) is 3.67. The number of amides is 3. The molecule has 1 aromatic heterocycles. The van der Waals surface area contributed by atoms with Crippen LogP contribution in [-0.4, -0.2) is 80.9 Å². The van der Waals surface area contributed by atoms with E-state index >= 15 is 0 Å². The van der Waals surface area contributed by atoms with Crippen molar-refractivity contribution in [3.05, 3.63) is 59.5 Å². The van der Waals surface area contributed by atoms with Gasteiger partial charge in [0.05, 0.1) is 30.4 Å². The number of aliphatic hydroxyl groups is 1. The van der Waals surface area contributed by atoms with E-state index in [0.717, 1.165) is 11.3 Å². The van der Waals surface area contributed by atoms with E-state index in [2.05, 4.69) is 10.0 Å². The van der Waals surface area contributed by atoms with E-state index in [1.807, 2.05) is 6.92 Å². The normalized spacial score (nSPS) is 18.8. The monoisotopic (exact) mass is 616 g/mol. The van der Waals surface area contributed by atoms with E-state index in [9.17, 15) is 23.1 Å². The molecule has 2 aromatic carbocycles. The molecular formula is C28H32N4O8S2. The molecule has 0 saturated carbocycles. The molecule has 3 atom stereocenters. The van der Waals surface area contributed by atoms with Crippen LogP contribution >= 0.6 is 11.3 Å². The standard InChI is InChI=1S/C28H32N4O8S2/c1-17-13-32(18(2)15-33)27(34)20-6-4-7-21(30-42(36,37)25-8-5-11-41-25)26(20)40-24(17)14-31(3)28(35)29-19-9-10-22-23(12-19)39-16-38-22/h4-12,17-18,24,30,33H,13-16H2,1-3H3,(H,29,35)/t17-,18+,24-/m1/s1. The van der Waals surface area contributed by atoms with Gasteiger partial charge in [0.25, 0.3) is 15.9 Å². The Labute approximate surface area is 247 Å². The number of nitrogens with zero attached hydrogens (tertiary/aromatic N) is 2. The van der Waals surface area contributed by atoms with Gasteiger partial charge in [0.15, 0.2) is 17.2 Å². The molecule has 0 fully saturated rings.